The van der Waals surface area contributed by atoms with Gasteiger partial charge < -0.3 is 10.1 Å². The predicted molar refractivity (Wildman–Crippen MR) is 111 cm³/mol. The first-order valence-electron chi connectivity index (χ1n) is 9.30. The maximum atomic E-state index is 14.3. The zero-order valence-electron chi connectivity index (χ0n) is 16.5. The van der Waals surface area contributed by atoms with E-state index in [1.807, 2.05) is 13.8 Å². The lowest BCUT2D eigenvalue weighted by Gasteiger charge is -2.15. The normalized spacial score (nSPS) is 18.3. The molecule has 1 saturated heterocycles. The molecule has 2 aromatic carbocycles. The van der Waals surface area contributed by atoms with Crippen LogP contribution in [0.4, 0.5) is 10.1 Å². The molecular formula is C20H22FNO6S2. The fraction of sp³-hybridized carbons (Fsp3) is 0.350. The third-order valence-corrected chi connectivity index (χ3v) is 8.81. The van der Waals surface area contributed by atoms with Crippen LogP contribution in [-0.4, -0.2) is 45.6 Å². The molecule has 0 aromatic heterocycles. The Labute approximate surface area is 175 Å². The number of carbonyl (C=O) groups is 1. The van der Waals surface area contributed by atoms with E-state index in [1.54, 1.807) is 24.3 Å². The van der Waals surface area contributed by atoms with Crippen molar-refractivity contribution in [2.24, 2.45) is 0 Å². The highest BCUT2D eigenvalue weighted by Gasteiger charge is 2.38. The lowest BCUT2D eigenvalue weighted by atomic mass is 10.2. The number of para-hydroxylation sites is 2. The molecule has 1 N–H and O–H groups in total. The Morgan fingerprint density at radius 2 is 1.90 bits per heavy atom. The molecule has 10 heteroatoms. The Balaban J connectivity index is 1.90. The summed E-state index contributed by atoms with van der Waals surface area (Å²) in [5.41, 5.74) is -0.151. The van der Waals surface area contributed by atoms with E-state index in [9.17, 15) is 26.0 Å². The molecule has 0 bridgehead atoms. The molecule has 1 aliphatic rings. The molecule has 7 nitrogen and oxygen atoms in total. The summed E-state index contributed by atoms with van der Waals surface area (Å²) < 4.78 is 68.9. The summed E-state index contributed by atoms with van der Waals surface area (Å²) in [6.45, 7) is 3.63. The second-order valence-corrected chi connectivity index (χ2v) is 11.8. The van der Waals surface area contributed by atoms with Gasteiger partial charge in [0, 0.05) is 0 Å². The summed E-state index contributed by atoms with van der Waals surface area (Å²) in [5, 5.41) is 1.43. The van der Waals surface area contributed by atoms with E-state index in [0.717, 1.165) is 18.2 Å². The van der Waals surface area contributed by atoms with Crippen molar-refractivity contribution < 1.29 is 30.8 Å². The molecule has 3 rings (SSSR count). The zero-order valence-corrected chi connectivity index (χ0v) is 18.1. The van der Waals surface area contributed by atoms with Gasteiger partial charge in [0.2, 0.25) is 0 Å². The first-order valence-corrected chi connectivity index (χ1v) is 12.7. The average Bonchev–Trinajstić information content (AvgIpc) is 3.03. The molecule has 2 aromatic rings. The van der Waals surface area contributed by atoms with Gasteiger partial charge in [0.05, 0.1) is 39.0 Å². The minimum Gasteiger partial charge on any atom is -0.489 e. The molecule has 1 atom stereocenters. The molecule has 162 valence electrons. The lowest BCUT2D eigenvalue weighted by Crippen LogP contribution is -2.23. The van der Waals surface area contributed by atoms with Crippen LogP contribution >= 0.6 is 0 Å². The van der Waals surface area contributed by atoms with Gasteiger partial charge in [-0.2, -0.15) is 0 Å². The minimum absolute atomic E-state index is 0.0243. The van der Waals surface area contributed by atoms with Crippen molar-refractivity contribution in [1.82, 2.24) is 0 Å². The average molecular weight is 456 g/mol. The van der Waals surface area contributed by atoms with E-state index >= 15 is 0 Å². The number of hydrogen-bond acceptors (Lipinski definition) is 6. The van der Waals surface area contributed by atoms with E-state index in [1.165, 1.54) is 0 Å². The number of benzene rings is 2. The van der Waals surface area contributed by atoms with E-state index in [2.05, 4.69) is 5.32 Å². The molecular weight excluding hydrogens is 433 g/mol. The number of anilines is 1. The van der Waals surface area contributed by atoms with E-state index in [-0.39, 0.29) is 23.2 Å². The fourth-order valence-electron chi connectivity index (χ4n) is 3.17. The van der Waals surface area contributed by atoms with Crippen LogP contribution in [0.15, 0.2) is 47.4 Å². The quantitative estimate of drug-likeness (QED) is 0.672. The van der Waals surface area contributed by atoms with Gasteiger partial charge in [-0.3, -0.25) is 4.79 Å². The molecule has 1 heterocycles. The molecule has 1 fully saturated rings. The molecule has 0 saturated carbocycles. The van der Waals surface area contributed by atoms with Crippen molar-refractivity contribution in [2.75, 3.05) is 16.8 Å². The maximum absolute atomic E-state index is 14.3. The lowest BCUT2D eigenvalue weighted by molar-refractivity contribution is 0.102. The van der Waals surface area contributed by atoms with Crippen molar-refractivity contribution in [3.05, 3.63) is 53.8 Å². The highest BCUT2D eigenvalue weighted by atomic mass is 32.2. The topological polar surface area (TPSA) is 107 Å². The zero-order chi connectivity index (χ0) is 22.1. The Kier molecular flexibility index (Phi) is 6.19. The molecule has 1 aliphatic heterocycles. The molecule has 0 aliphatic carbocycles. The summed E-state index contributed by atoms with van der Waals surface area (Å²) in [6, 6.07) is 9.49. The number of rotatable bonds is 6. The van der Waals surface area contributed by atoms with E-state index < -0.39 is 48.0 Å². The smallest absolute Gasteiger partial charge is 0.258 e. The number of sulfone groups is 2. The van der Waals surface area contributed by atoms with E-state index in [0.29, 0.717) is 11.4 Å². The minimum atomic E-state index is -4.03. The number of halogens is 1. The van der Waals surface area contributed by atoms with Crippen LogP contribution in [-0.2, 0) is 19.7 Å². The highest BCUT2D eigenvalue weighted by molar-refractivity contribution is 7.96. The molecule has 1 unspecified atom stereocenters. The van der Waals surface area contributed by atoms with Gasteiger partial charge in [0.25, 0.3) is 5.91 Å². The van der Waals surface area contributed by atoms with Crippen LogP contribution in [0.5, 0.6) is 5.75 Å². The molecule has 0 spiro atoms. The Hall–Kier alpha value is -2.46. The predicted octanol–water partition coefficient (Wildman–Crippen LogP) is 2.83. The van der Waals surface area contributed by atoms with Crippen molar-refractivity contribution in [1.29, 1.82) is 0 Å². The van der Waals surface area contributed by atoms with Crippen LogP contribution in [0.2, 0.25) is 0 Å². The van der Waals surface area contributed by atoms with Crippen molar-refractivity contribution in [3.63, 3.8) is 0 Å². The molecule has 1 amide bonds. The third kappa shape index (κ3) is 4.81. The van der Waals surface area contributed by atoms with E-state index in [4.69, 9.17) is 4.74 Å². The number of nitrogens with one attached hydrogen (secondary N) is 1. The molecule has 30 heavy (non-hydrogen) atoms. The number of hydrogen-bond donors (Lipinski definition) is 1. The number of carbonyl (C=O) groups excluding carboxylic acids is 1. The summed E-state index contributed by atoms with van der Waals surface area (Å²) >= 11 is 0. The van der Waals surface area contributed by atoms with Gasteiger partial charge in [-0.15, -0.1) is 0 Å². The summed E-state index contributed by atoms with van der Waals surface area (Å²) in [6.07, 6.45) is -0.181. The van der Waals surface area contributed by atoms with Gasteiger partial charge in [-0.1, -0.05) is 12.1 Å². The van der Waals surface area contributed by atoms with Crippen LogP contribution in [0, 0.1) is 5.82 Å². The van der Waals surface area contributed by atoms with Gasteiger partial charge in [0.1, 0.15) is 11.6 Å². The number of amides is 1. The largest absolute Gasteiger partial charge is 0.489 e. The van der Waals surface area contributed by atoms with Crippen molar-refractivity contribution in [3.8, 4) is 5.75 Å². The first kappa shape index (κ1) is 22.2. The Morgan fingerprint density at radius 1 is 1.20 bits per heavy atom. The monoisotopic (exact) mass is 455 g/mol. The van der Waals surface area contributed by atoms with Crippen molar-refractivity contribution >= 4 is 31.3 Å². The van der Waals surface area contributed by atoms with Gasteiger partial charge in [-0.25, -0.2) is 21.2 Å². The van der Waals surface area contributed by atoms with Crippen molar-refractivity contribution in [2.45, 2.75) is 36.5 Å². The Morgan fingerprint density at radius 3 is 2.53 bits per heavy atom. The van der Waals surface area contributed by atoms with Crippen LogP contribution in [0.25, 0.3) is 0 Å². The second kappa shape index (κ2) is 8.35. The highest BCUT2D eigenvalue weighted by Crippen LogP contribution is 2.28. The third-order valence-electron chi connectivity index (χ3n) is 4.64. The second-order valence-electron chi connectivity index (χ2n) is 7.33. The maximum Gasteiger partial charge on any atom is 0.258 e. The van der Waals surface area contributed by atoms with Gasteiger partial charge in [0.15, 0.2) is 19.7 Å². The summed E-state index contributed by atoms with van der Waals surface area (Å²) in [4.78, 5) is 12.4. The standard InChI is InChI=1S/C20H22FNO6S2/c1-13(2)28-19-6-4-3-5-18(19)22-20(23)16-11-14(7-8-17(16)21)30(26,27)15-9-10-29(24,25)12-15/h3-8,11,13,15H,9-10,12H2,1-2H3,(H,22,23). The van der Waals surface area contributed by atoms with Crippen LogP contribution < -0.4 is 10.1 Å². The SMILES string of the molecule is CC(C)Oc1ccccc1NC(=O)c1cc(S(=O)(=O)C2CCS(=O)(=O)C2)ccc1F. The Bertz CT molecular complexity index is 1180. The fourth-order valence-corrected chi connectivity index (χ4v) is 7.55. The first-order chi connectivity index (χ1) is 14.0. The molecule has 0 radical (unpaired) electrons. The van der Waals surface area contributed by atoms with Gasteiger partial charge >= 0.3 is 0 Å². The van der Waals surface area contributed by atoms with Crippen LogP contribution in [0.3, 0.4) is 0 Å². The van der Waals surface area contributed by atoms with Crippen LogP contribution in [0.1, 0.15) is 30.6 Å². The summed E-state index contributed by atoms with van der Waals surface area (Å²) in [5.74, 6) is -2.04. The summed E-state index contributed by atoms with van der Waals surface area (Å²) in [7, 11) is -7.45. The van der Waals surface area contributed by atoms with Gasteiger partial charge in [-0.05, 0) is 50.6 Å². The number of ether oxygens (including phenoxy) is 1.